The van der Waals surface area contributed by atoms with Crippen molar-refractivity contribution in [3.63, 3.8) is 0 Å². The molecule has 28 heavy (non-hydrogen) atoms. The summed E-state index contributed by atoms with van der Waals surface area (Å²) >= 11 is 0. The first-order valence-corrected chi connectivity index (χ1v) is 9.82. The van der Waals surface area contributed by atoms with Gasteiger partial charge in [-0.3, -0.25) is 0 Å². The van der Waals surface area contributed by atoms with E-state index in [-0.39, 0.29) is 16.3 Å². The zero-order chi connectivity index (χ0) is 21.4. The standard InChI is InChI=1S/C19H15F4NO3S/c1-28(25,26)17-7-3-5-15(11-17)24-12-13(19(21,22)23)8-9-18(24)27-16-6-2-4-14(20)10-16/h2-12,18H,1H3/i9D. The zero-order valence-corrected chi connectivity index (χ0v) is 15.3. The highest BCUT2D eigenvalue weighted by molar-refractivity contribution is 7.90. The van der Waals surface area contributed by atoms with Crippen LogP contribution in [0.15, 0.2) is 77.3 Å². The van der Waals surface area contributed by atoms with E-state index in [0.29, 0.717) is 6.08 Å². The quantitative estimate of drug-likeness (QED) is 0.694. The molecule has 148 valence electrons. The molecule has 1 aliphatic rings. The largest absolute Gasteiger partial charge is 0.466 e. The Bertz CT molecular complexity index is 1100. The predicted molar refractivity (Wildman–Crippen MR) is 96.1 cm³/mol. The molecular weight excluding hydrogens is 398 g/mol. The van der Waals surface area contributed by atoms with Crippen LogP contribution in [0, 0.1) is 5.82 Å². The Balaban J connectivity index is 2.09. The lowest BCUT2D eigenvalue weighted by Crippen LogP contribution is -2.37. The van der Waals surface area contributed by atoms with Crippen molar-refractivity contribution in [2.45, 2.75) is 17.3 Å². The van der Waals surface area contributed by atoms with Gasteiger partial charge in [0.2, 0.25) is 0 Å². The monoisotopic (exact) mass is 414 g/mol. The highest BCUT2D eigenvalue weighted by Crippen LogP contribution is 2.33. The van der Waals surface area contributed by atoms with Gasteiger partial charge >= 0.3 is 6.18 Å². The average molecular weight is 414 g/mol. The third kappa shape index (κ3) is 4.53. The van der Waals surface area contributed by atoms with Gasteiger partial charge in [0.15, 0.2) is 16.1 Å². The molecule has 4 nitrogen and oxygen atoms in total. The Morgan fingerprint density at radius 3 is 2.50 bits per heavy atom. The first-order valence-electron chi connectivity index (χ1n) is 8.43. The van der Waals surface area contributed by atoms with E-state index in [9.17, 15) is 26.0 Å². The summed E-state index contributed by atoms with van der Waals surface area (Å²) < 4.78 is 90.5. The van der Waals surface area contributed by atoms with Crippen molar-refractivity contribution in [2.24, 2.45) is 0 Å². The highest BCUT2D eigenvalue weighted by Gasteiger charge is 2.36. The van der Waals surface area contributed by atoms with Crippen LogP contribution < -0.4 is 9.64 Å². The summed E-state index contributed by atoms with van der Waals surface area (Å²) in [6.07, 6.45) is -3.79. The summed E-state index contributed by atoms with van der Waals surface area (Å²) in [7, 11) is -3.62. The Morgan fingerprint density at radius 2 is 1.86 bits per heavy atom. The van der Waals surface area contributed by atoms with Gasteiger partial charge in [0.25, 0.3) is 0 Å². The molecule has 1 atom stereocenters. The zero-order valence-electron chi connectivity index (χ0n) is 15.4. The summed E-state index contributed by atoms with van der Waals surface area (Å²) in [4.78, 5) is 0.882. The minimum Gasteiger partial charge on any atom is -0.466 e. The van der Waals surface area contributed by atoms with Crippen molar-refractivity contribution < 1.29 is 32.1 Å². The van der Waals surface area contributed by atoms with Gasteiger partial charge in [-0.25, -0.2) is 12.8 Å². The Morgan fingerprint density at radius 1 is 1.14 bits per heavy atom. The van der Waals surface area contributed by atoms with E-state index >= 15 is 0 Å². The van der Waals surface area contributed by atoms with Crippen LogP contribution in [0.3, 0.4) is 0 Å². The molecule has 1 aliphatic heterocycles. The topological polar surface area (TPSA) is 46.6 Å². The summed E-state index contributed by atoms with van der Waals surface area (Å²) in [5.41, 5.74) is -1.04. The lowest BCUT2D eigenvalue weighted by atomic mass is 10.1. The number of ether oxygens (including phenoxy) is 1. The van der Waals surface area contributed by atoms with Gasteiger partial charge in [0.1, 0.15) is 11.6 Å². The van der Waals surface area contributed by atoms with Crippen LogP contribution in [0.2, 0.25) is 0 Å². The number of anilines is 1. The van der Waals surface area contributed by atoms with Crippen molar-refractivity contribution in [1.82, 2.24) is 0 Å². The third-order valence-corrected chi connectivity index (χ3v) is 4.94. The minimum atomic E-state index is -4.73. The number of hydrogen-bond acceptors (Lipinski definition) is 4. The summed E-state index contributed by atoms with van der Waals surface area (Å²) in [5, 5.41) is 0. The summed E-state index contributed by atoms with van der Waals surface area (Å²) in [5.74, 6) is -0.618. The number of hydrogen-bond donors (Lipinski definition) is 0. The fourth-order valence-electron chi connectivity index (χ4n) is 2.50. The van der Waals surface area contributed by atoms with E-state index in [0.717, 1.165) is 23.4 Å². The molecular formula is C19H15F4NO3S. The fourth-order valence-corrected chi connectivity index (χ4v) is 3.16. The second-order valence-corrected chi connectivity index (χ2v) is 8.01. The van der Waals surface area contributed by atoms with Crippen molar-refractivity contribution in [3.8, 4) is 5.75 Å². The van der Waals surface area contributed by atoms with Gasteiger partial charge in [-0.1, -0.05) is 12.1 Å². The first kappa shape index (κ1) is 18.5. The van der Waals surface area contributed by atoms with E-state index in [1.54, 1.807) is 0 Å². The molecule has 9 heteroatoms. The Kier molecular flexibility index (Phi) is 4.84. The van der Waals surface area contributed by atoms with E-state index in [2.05, 4.69) is 0 Å². The number of benzene rings is 2. The molecule has 0 N–H and O–H groups in total. The highest BCUT2D eigenvalue weighted by atomic mass is 32.2. The van der Waals surface area contributed by atoms with Crippen LogP contribution >= 0.6 is 0 Å². The summed E-state index contributed by atoms with van der Waals surface area (Å²) in [6.45, 7) is 0. The maximum absolute atomic E-state index is 13.5. The van der Waals surface area contributed by atoms with Crippen LogP contribution in [0.1, 0.15) is 1.37 Å². The van der Waals surface area contributed by atoms with Crippen LogP contribution in [0.4, 0.5) is 23.2 Å². The lowest BCUT2D eigenvalue weighted by Gasteiger charge is -2.32. The number of rotatable bonds is 4. The van der Waals surface area contributed by atoms with Gasteiger partial charge < -0.3 is 9.64 Å². The predicted octanol–water partition coefficient (Wildman–Crippen LogP) is 4.46. The Labute approximate surface area is 160 Å². The molecule has 0 amide bonds. The molecule has 0 radical (unpaired) electrons. The van der Waals surface area contributed by atoms with Crippen LogP contribution in [-0.2, 0) is 9.84 Å². The summed E-state index contributed by atoms with van der Waals surface area (Å²) in [6, 6.07) is 9.65. The van der Waals surface area contributed by atoms with Crippen molar-refractivity contribution in [3.05, 3.63) is 78.2 Å². The molecule has 0 fully saturated rings. The number of halogens is 4. The van der Waals surface area contributed by atoms with E-state index in [1.165, 1.54) is 42.5 Å². The van der Waals surface area contributed by atoms with Gasteiger partial charge in [0.05, 0.1) is 11.8 Å². The normalized spacial score (nSPS) is 18.2. The van der Waals surface area contributed by atoms with E-state index in [1.807, 2.05) is 0 Å². The maximum atomic E-state index is 13.5. The van der Waals surface area contributed by atoms with Crippen molar-refractivity contribution in [1.29, 1.82) is 0 Å². The molecule has 0 aliphatic carbocycles. The minimum absolute atomic E-state index is 0.00118. The molecule has 2 aromatic carbocycles. The third-order valence-electron chi connectivity index (χ3n) is 3.83. The Hall–Kier alpha value is -2.81. The van der Waals surface area contributed by atoms with E-state index in [4.69, 9.17) is 6.11 Å². The van der Waals surface area contributed by atoms with E-state index < -0.39 is 39.7 Å². The second-order valence-electron chi connectivity index (χ2n) is 6.00. The van der Waals surface area contributed by atoms with Gasteiger partial charge in [-0.05, 0) is 42.5 Å². The number of sulfone groups is 1. The molecule has 0 spiro atoms. The lowest BCUT2D eigenvalue weighted by molar-refractivity contribution is -0.0888. The van der Waals surface area contributed by atoms with Crippen molar-refractivity contribution in [2.75, 3.05) is 11.2 Å². The number of nitrogens with zero attached hydrogens (tertiary/aromatic N) is 1. The SMILES string of the molecule is [2H]C1=CC(C(F)(F)F)=CN(c2cccc(S(C)(=O)=O)c2)C1Oc1cccc(F)c1. The molecule has 0 aromatic heterocycles. The van der Waals surface area contributed by atoms with Crippen LogP contribution in [0.25, 0.3) is 0 Å². The molecule has 0 saturated carbocycles. The van der Waals surface area contributed by atoms with Crippen LogP contribution in [0.5, 0.6) is 5.75 Å². The molecule has 1 unspecified atom stereocenters. The first-order chi connectivity index (χ1) is 13.4. The van der Waals surface area contributed by atoms with Gasteiger partial charge in [-0.15, -0.1) is 0 Å². The van der Waals surface area contributed by atoms with Crippen molar-refractivity contribution >= 4 is 15.5 Å². The molecule has 0 bridgehead atoms. The number of allylic oxidation sites excluding steroid dienone is 2. The van der Waals surface area contributed by atoms with Gasteiger partial charge in [-0.2, -0.15) is 13.2 Å². The molecule has 3 rings (SSSR count). The molecule has 2 aromatic rings. The maximum Gasteiger partial charge on any atom is 0.417 e. The molecule has 0 saturated heterocycles. The average Bonchev–Trinajstić information content (AvgIpc) is 2.62. The van der Waals surface area contributed by atoms with Gasteiger partial charge in [0, 0.05) is 24.2 Å². The molecule has 1 heterocycles. The van der Waals surface area contributed by atoms with Crippen LogP contribution in [-0.4, -0.2) is 27.1 Å². The smallest absolute Gasteiger partial charge is 0.417 e. The second kappa shape index (κ2) is 7.31. The fraction of sp³-hybridized carbons (Fsp3) is 0.158. The number of alkyl halides is 3.